The van der Waals surface area contributed by atoms with E-state index in [-0.39, 0.29) is 0 Å². The maximum atomic E-state index is 6.04. The van der Waals surface area contributed by atoms with Gasteiger partial charge >= 0.3 is 0 Å². The number of rotatable bonds is 1. The van der Waals surface area contributed by atoms with Gasteiger partial charge in [0.25, 0.3) is 0 Å². The predicted molar refractivity (Wildman–Crippen MR) is 68.8 cm³/mol. The van der Waals surface area contributed by atoms with Crippen molar-refractivity contribution in [3.8, 4) is 11.5 Å². The molecule has 1 aliphatic carbocycles. The minimum atomic E-state index is 0.639. The molecule has 4 nitrogen and oxygen atoms in total. The second-order valence-electron chi connectivity index (χ2n) is 4.29. The third-order valence-corrected chi connectivity index (χ3v) is 3.71. The van der Waals surface area contributed by atoms with Crippen LogP contribution in [0.1, 0.15) is 30.5 Å². The Labute approximate surface area is 104 Å². The van der Waals surface area contributed by atoms with Gasteiger partial charge in [-0.25, -0.2) is 15.0 Å². The Bertz CT molecular complexity index is 522. The van der Waals surface area contributed by atoms with Gasteiger partial charge in [0, 0.05) is 16.6 Å². The SMILES string of the molecule is Nc1nc(-c2cscn2)nc2c1CCCCC2. The Balaban J connectivity index is 2.09. The lowest BCUT2D eigenvalue weighted by atomic mass is 10.1. The topological polar surface area (TPSA) is 64.7 Å². The summed E-state index contributed by atoms with van der Waals surface area (Å²) in [4.78, 5) is 13.2. The summed E-state index contributed by atoms with van der Waals surface area (Å²) in [5, 5.41) is 1.96. The number of hydrogen-bond acceptors (Lipinski definition) is 5. The minimum Gasteiger partial charge on any atom is -0.383 e. The molecule has 3 rings (SSSR count). The molecule has 2 aromatic heterocycles. The second-order valence-corrected chi connectivity index (χ2v) is 5.01. The molecule has 0 amide bonds. The number of nitrogens with two attached hydrogens (primary N) is 1. The van der Waals surface area contributed by atoms with E-state index in [2.05, 4.69) is 15.0 Å². The number of anilines is 1. The first-order valence-corrected chi connectivity index (χ1v) is 6.82. The van der Waals surface area contributed by atoms with Crippen LogP contribution in [0.5, 0.6) is 0 Å². The first-order valence-electron chi connectivity index (χ1n) is 5.88. The van der Waals surface area contributed by atoms with Gasteiger partial charge in [-0.15, -0.1) is 11.3 Å². The van der Waals surface area contributed by atoms with Crippen LogP contribution in [-0.2, 0) is 12.8 Å². The predicted octanol–water partition coefficient (Wildman–Crippen LogP) is 2.45. The molecule has 0 radical (unpaired) electrons. The summed E-state index contributed by atoms with van der Waals surface area (Å²) in [5.41, 5.74) is 10.9. The summed E-state index contributed by atoms with van der Waals surface area (Å²) in [6, 6.07) is 0. The fourth-order valence-corrected chi connectivity index (χ4v) is 2.77. The molecule has 0 fully saturated rings. The van der Waals surface area contributed by atoms with Crippen molar-refractivity contribution < 1.29 is 0 Å². The molecular formula is C12H14N4S. The maximum Gasteiger partial charge on any atom is 0.181 e. The van der Waals surface area contributed by atoms with Gasteiger partial charge in [-0.1, -0.05) is 6.42 Å². The lowest BCUT2D eigenvalue weighted by Crippen LogP contribution is -2.06. The van der Waals surface area contributed by atoms with Crippen LogP contribution in [-0.4, -0.2) is 15.0 Å². The monoisotopic (exact) mass is 246 g/mol. The van der Waals surface area contributed by atoms with Crippen LogP contribution in [0.15, 0.2) is 10.9 Å². The molecule has 2 aromatic rings. The molecule has 88 valence electrons. The van der Waals surface area contributed by atoms with E-state index < -0.39 is 0 Å². The van der Waals surface area contributed by atoms with Crippen LogP contribution in [0.4, 0.5) is 5.82 Å². The van der Waals surface area contributed by atoms with E-state index in [1.165, 1.54) is 19.3 Å². The van der Waals surface area contributed by atoms with Crippen molar-refractivity contribution in [1.29, 1.82) is 0 Å². The highest BCUT2D eigenvalue weighted by atomic mass is 32.1. The Kier molecular flexibility index (Phi) is 2.76. The molecule has 0 unspecified atom stereocenters. The molecule has 0 spiro atoms. The molecule has 2 heterocycles. The third-order valence-electron chi connectivity index (χ3n) is 3.13. The molecule has 17 heavy (non-hydrogen) atoms. The number of nitrogens with zero attached hydrogens (tertiary/aromatic N) is 3. The molecule has 1 aliphatic rings. The Hall–Kier alpha value is -1.49. The molecule has 0 saturated carbocycles. The summed E-state index contributed by atoms with van der Waals surface area (Å²) in [6.07, 6.45) is 5.66. The van der Waals surface area contributed by atoms with Gasteiger partial charge in [-0.2, -0.15) is 0 Å². The lowest BCUT2D eigenvalue weighted by molar-refractivity contribution is 0.709. The molecule has 0 aromatic carbocycles. The third kappa shape index (κ3) is 2.02. The van der Waals surface area contributed by atoms with E-state index in [4.69, 9.17) is 5.73 Å². The lowest BCUT2D eigenvalue weighted by Gasteiger charge is -2.09. The zero-order valence-electron chi connectivity index (χ0n) is 9.52. The summed E-state index contributed by atoms with van der Waals surface area (Å²) in [6.45, 7) is 0. The van der Waals surface area contributed by atoms with E-state index in [0.29, 0.717) is 11.6 Å². The summed E-state index contributed by atoms with van der Waals surface area (Å²) in [7, 11) is 0. The quantitative estimate of drug-likeness (QED) is 0.785. The van der Waals surface area contributed by atoms with Gasteiger partial charge in [-0.3, -0.25) is 0 Å². The highest BCUT2D eigenvalue weighted by Gasteiger charge is 2.16. The van der Waals surface area contributed by atoms with Gasteiger partial charge in [0.1, 0.15) is 11.5 Å². The normalized spacial score (nSPS) is 15.3. The summed E-state index contributed by atoms with van der Waals surface area (Å²) >= 11 is 1.55. The highest BCUT2D eigenvalue weighted by molar-refractivity contribution is 7.07. The van der Waals surface area contributed by atoms with E-state index in [1.54, 1.807) is 16.8 Å². The van der Waals surface area contributed by atoms with Gasteiger partial charge in [0.2, 0.25) is 0 Å². The number of thiazole rings is 1. The average Bonchev–Trinajstić information content (AvgIpc) is 2.75. The van der Waals surface area contributed by atoms with Crippen molar-refractivity contribution in [2.45, 2.75) is 32.1 Å². The average molecular weight is 246 g/mol. The highest BCUT2D eigenvalue weighted by Crippen LogP contribution is 2.25. The number of nitrogen functional groups attached to an aromatic ring is 1. The molecule has 5 heteroatoms. The van der Waals surface area contributed by atoms with E-state index >= 15 is 0 Å². The Morgan fingerprint density at radius 2 is 2.00 bits per heavy atom. The summed E-state index contributed by atoms with van der Waals surface area (Å²) < 4.78 is 0. The van der Waals surface area contributed by atoms with E-state index in [9.17, 15) is 0 Å². The largest absolute Gasteiger partial charge is 0.383 e. The van der Waals surface area contributed by atoms with Crippen LogP contribution in [0.3, 0.4) is 0 Å². The van der Waals surface area contributed by atoms with Crippen molar-refractivity contribution >= 4 is 17.2 Å². The number of aromatic nitrogens is 3. The molecule has 0 aliphatic heterocycles. The van der Waals surface area contributed by atoms with Crippen LogP contribution >= 0.6 is 11.3 Å². The molecular weight excluding hydrogens is 232 g/mol. The van der Waals surface area contributed by atoms with Crippen LogP contribution in [0, 0.1) is 0 Å². The first kappa shape index (κ1) is 10.7. The number of aryl methyl sites for hydroxylation is 1. The molecule has 0 saturated heterocycles. The van der Waals surface area contributed by atoms with Crippen LogP contribution < -0.4 is 5.73 Å². The van der Waals surface area contributed by atoms with Crippen LogP contribution in [0.25, 0.3) is 11.5 Å². The van der Waals surface area contributed by atoms with Crippen molar-refractivity contribution in [2.24, 2.45) is 0 Å². The smallest absolute Gasteiger partial charge is 0.181 e. The van der Waals surface area contributed by atoms with Gasteiger partial charge < -0.3 is 5.73 Å². The van der Waals surface area contributed by atoms with Crippen LogP contribution in [0.2, 0.25) is 0 Å². The van der Waals surface area contributed by atoms with Gasteiger partial charge in [0.05, 0.1) is 5.51 Å². The van der Waals surface area contributed by atoms with Crippen molar-refractivity contribution in [3.63, 3.8) is 0 Å². The minimum absolute atomic E-state index is 0.639. The molecule has 0 atom stereocenters. The zero-order chi connectivity index (χ0) is 11.7. The molecule has 0 bridgehead atoms. The standard InChI is InChI=1S/C12H14N4S/c13-11-8-4-2-1-3-5-9(8)15-12(16-11)10-6-17-7-14-10/h6-7H,1-5H2,(H2,13,15,16). The Morgan fingerprint density at radius 1 is 1.12 bits per heavy atom. The van der Waals surface area contributed by atoms with E-state index in [1.807, 2.05) is 5.38 Å². The fraction of sp³-hybridized carbons (Fsp3) is 0.417. The van der Waals surface area contributed by atoms with Gasteiger partial charge in [0.15, 0.2) is 5.82 Å². The maximum absolute atomic E-state index is 6.04. The first-order chi connectivity index (χ1) is 8.34. The van der Waals surface area contributed by atoms with Gasteiger partial charge in [-0.05, 0) is 25.7 Å². The molecule has 2 N–H and O–H groups in total. The summed E-state index contributed by atoms with van der Waals surface area (Å²) in [5.74, 6) is 1.31. The van der Waals surface area contributed by atoms with Crippen molar-refractivity contribution in [1.82, 2.24) is 15.0 Å². The van der Waals surface area contributed by atoms with Crippen molar-refractivity contribution in [3.05, 3.63) is 22.1 Å². The number of hydrogen-bond donors (Lipinski definition) is 1. The zero-order valence-corrected chi connectivity index (χ0v) is 10.3. The van der Waals surface area contributed by atoms with Crippen molar-refractivity contribution in [2.75, 3.05) is 5.73 Å². The van der Waals surface area contributed by atoms with E-state index in [0.717, 1.165) is 29.8 Å². The second kappa shape index (κ2) is 4.41. The fourth-order valence-electron chi connectivity index (χ4n) is 2.24. The number of fused-ring (bicyclic) bond motifs is 1. The Morgan fingerprint density at radius 3 is 2.82 bits per heavy atom.